The number of hydrogen-bond acceptors (Lipinski definition) is 16. The maximum absolute atomic E-state index is 12.8. The average molecular weight is 1740 g/mol. The Morgan fingerprint density at radius 3 is 1.03 bits per heavy atom. The average Bonchev–Trinajstić information content (AvgIpc) is 0.829. The number of rotatable bonds is 17. The zero-order valence-corrected chi connectivity index (χ0v) is 67.6. The topological polar surface area (TPSA) is 338 Å². The van der Waals surface area contributed by atoms with E-state index in [0.29, 0.717) is 119 Å². The van der Waals surface area contributed by atoms with E-state index in [0.717, 1.165) is 13.0 Å². The molecule has 0 saturated carbocycles. The highest BCUT2D eigenvalue weighted by Crippen LogP contribution is 2.35. The Kier molecular flexibility index (Phi) is 30.3. The number of carbonyl (C=O) groups excluding carboxylic acids is 9. The molecule has 0 bridgehead atoms. The number of piperazine rings is 1. The van der Waals surface area contributed by atoms with Gasteiger partial charge in [-0.25, -0.2) is 11.0 Å². The van der Waals surface area contributed by atoms with Crippen LogP contribution in [0, 0.1) is 0 Å². The molecule has 14 rings (SSSR count). The van der Waals surface area contributed by atoms with Gasteiger partial charge in [-0.1, -0.05) is 117 Å². The third kappa shape index (κ3) is 22.8. The first-order chi connectivity index (χ1) is 56.9. The highest BCUT2D eigenvalue weighted by Gasteiger charge is 2.26. The monoisotopic (exact) mass is 1740 g/mol. The van der Waals surface area contributed by atoms with Crippen molar-refractivity contribution in [1.29, 1.82) is 0 Å². The fraction of sp³-hybridized carbons (Fsp3) is 0.0824. The van der Waals surface area contributed by atoms with Crippen molar-refractivity contribution in [1.82, 2.24) is 46.0 Å². The van der Waals surface area contributed by atoms with Gasteiger partial charge in [0, 0.05) is 118 Å². The summed E-state index contributed by atoms with van der Waals surface area (Å²) in [7, 11) is 1.33. The van der Waals surface area contributed by atoms with Crippen LogP contribution in [-0.2, 0) is 9.63 Å². The number of benzene rings is 8. The van der Waals surface area contributed by atoms with Crippen LogP contribution in [0.4, 0.5) is 22.7 Å². The highest BCUT2D eigenvalue weighted by atomic mass is 35.5. The summed E-state index contributed by atoms with van der Waals surface area (Å²) in [5.41, 5.74) is 13.3. The van der Waals surface area contributed by atoms with Crippen LogP contribution in [0.1, 0.15) is 89.3 Å². The van der Waals surface area contributed by atoms with E-state index < -0.39 is 35.4 Å². The third-order valence-electron chi connectivity index (χ3n) is 17.3. The Morgan fingerprint density at radius 2 is 0.729 bits per heavy atom. The van der Waals surface area contributed by atoms with Gasteiger partial charge in [0.1, 0.15) is 0 Å². The van der Waals surface area contributed by atoms with Crippen molar-refractivity contribution in [3.8, 4) is 45.0 Å². The summed E-state index contributed by atoms with van der Waals surface area (Å²) in [6.07, 6.45) is 9.02. The molecule has 0 unspecified atom stereocenters. The van der Waals surface area contributed by atoms with Gasteiger partial charge in [-0.15, -0.1) is 0 Å². The first kappa shape index (κ1) is 86.4. The number of hydrogen-bond donors (Lipinski definition) is 8. The molecular formula is C85H64Cl8N14O11. The van der Waals surface area contributed by atoms with Crippen LogP contribution in [0.15, 0.2) is 248 Å². The minimum Gasteiger partial charge on any atom is -0.353 e. The van der Waals surface area contributed by atoms with Gasteiger partial charge in [0.05, 0.1) is 105 Å². The second-order valence-corrected chi connectivity index (χ2v) is 28.5. The number of nitrogens with one attached hydrogen (secondary N) is 7. The Morgan fingerprint density at radius 1 is 0.390 bits per heavy atom. The van der Waals surface area contributed by atoms with E-state index in [1.54, 1.807) is 133 Å². The zero-order valence-electron chi connectivity index (χ0n) is 61.6. The number of amides is 9. The molecule has 2 aliphatic heterocycles. The van der Waals surface area contributed by atoms with E-state index in [2.05, 4.69) is 61.8 Å². The first-order valence-electron chi connectivity index (χ1n) is 35.4. The highest BCUT2D eigenvalue weighted by molar-refractivity contribution is 6.38. The summed E-state index contributed by atoms with van der Waals surface area (Å²) in [6, 6.07) is 59.8. The Bertz CT molecular complexity index is 5810. The lowest BCUT2D eigenvalue weighted by atomic mass is 10.1. The number of aliphatic imine (C=N–C) groups is 1. The minimum atomic E-state index is -0.721. The van der Waals surface area contributed by atoms with E-state index >= 15 is 0 Å². The molecule has 4 aromatic heterocycles. The largest absolute Gasteiger partial charge is 0.353 e. The summed E-state index contributed by atoms with van der Waals surface area (Å²) in [4.78, 5) is 139. The summed E-state index contributed by atoms with van der Waals surface area (Å²) in [6.45, 7) is 2.14. The molecule has 8 aromatic carbocycles. The van der Waals surface area contributed by atoms with Crippen LogP contribution in [0.3, 0.4) is 0 Å². The van der Waals surface area contributed by atoms with Crippen LogP contribution >= 0.6 is 92.8 Å². The van der Waals surface area contributed by atoms with Crippen molar-refractivity contribution in [2.45, 2.75) is 6.42 Å². The first-order valence-corrected chi connectivity index (χ1v) is 38.4. The number of halogens is 8. The van der Waals surface area contributed by atoms with Crippen molar-refractivity contribution < 1.29 is 53.2 Å². The molecule has 1 fully saturated rings. The lowest BCUT2D eigenvalue weighted by molar-refractivity contribution is -0.123. The second-order valence-electron chi connectivity index (χ2n) is 25.3. The molecule has 2 aliphatic rings. The standard InChI is InChI=1S/C23H18Cl2N4O3.C23H18Cl2N4O2.C20H15Cl2N3O3.C19H13Cl2N3O3/c24-18-7-5-15(12-17(18)20-3-1-2-8-26-20)28-22(31)16-6-4-14(11-19(16)25)23(32)29-10-9-27-21(30)13-29;24-19-8-6-16(13-18(19)21-4-1-2-10-27-21)28-22(30)17-7-5-15(12-20(17)25)23(31)29-11-3-9-26-14-29;1-28-25-19(26)12-5-7-14(17(22)10-12)20(27)24-13-6-8-16(21)15(11-13)18-4-2-3-9-23-18;20-15-7-5-12(10-14(15)17-3-1-2-8-22-17)23-19(26)13-6-4-11(9-16(13)21)18(25)24-27/h1-8,11-12H,9-10,13H2,(H,27,30)(H,28,31);1-2,4-8,10,12-14H,3,9,11H2,(H,28,30);2-11H,1H3,(H,24,27)(H,25,26);1-10,27H,(H,23,26)(H,24,25). The molecular weight excluding hydrogens is 1680 g/mol. The normalized spacial score (nSPS) is 11.9. The van der Waals surface area contributed by atoms with Gasteiger partial charge in [0.25, 0.3) is 47.3 Å². The molecule has 6 heterocycles. The van der Waals surface area contributed by atoms with Crippen LogP contribution in [0.5, 0.6) is 0 Å². The number of carbonyl (C=O) groups is 9. The Hall–Kier alpha value is -12.5. The predicted molar refractivity (Wildman–Crippen MR) is 458 cm³/mol. The summed E-state index contributed by atoms with van der Waals surface area (Å²) < 4.78 is 0. The van der Waals surface area contributed by atoms with Crippen molar-refractivity contribution in [3.05, 3.63) is 328 Å². The minimum absolute atomic E-state index is 0.00609. The number of anilines is 4. The molecule has 0 radical (unpaired) electrons. The van der Waals surface area contributed by atoms with E-state index in [4.69, 9.17) is 98.0 Å². The van der Waals surface area contributed by atoms with Gasteiger partial charge >= 0.3 is 0 Å². The number of aromatic nitrogens is 4. The fourth-order valence-electron chi connectivity index (χ4n) is 11.5. The van der Waals surface area contributed by atoms with Crippen molar-refractivity contribution in [3.63, 3.8) is 0 Å². The Labute approximate surface area is 714 Å². The van der Waals surface area contributed by atoms with Gasteiger partial charge in [-0.3, -0.25) is 83.0 Å². The molecule has 25 nitrogen and oxygen atoms in total. The smallest absolute Gasteiger partial charge is 0.274 e. The van der Waals surface area contributed by atoms with Crippen molar-refractivity contribution >= 4 is 175 Å². The fourth-order valence-corrected chi connectivity index (χ4v) is 13.4. The van der Waals surface area contributed by atoms with Crippen molar-refractivity contribution in [2.24, 2.45) is 4.99 Å². The molecule has 9 amide bonds. The van der Waals surface area contributed by atoms with Gasteiger partial charge in [-0.2, -0.15) is 0 Å². The van der Waals surface area contributed by atoms with Crippen LogP contribution < -0.4 is 37.5 Å². The molecule has 0 aliphatic carbocycles. The SMILES string of the molecule is CONC(=O)c1ccc(C(=O)Nc2ccc(Cl)c(-c3ccccn3)c2)c(Cl)c1.O=C(NO)c1ccc(C(=O)Nc2ccc(Cl)c(-c3ccccn3)c2)c(Cl)c1.O=C(Nc1ccc(Cl)c(-c2ccccn2)c1)c1ccc(C(=O)N2C=NCCC2)cc1Cl.O=C1CN(C(=O)c2ccc(C(=O)Nc3ccc(Cl)c(-c4ccccn4)c3)c(Cl)c2)CCN1. The van der Waals surface area contributed by atoms with Gasteiger partial charge in [-0.05, 0) is 201 Å². The van der Waals surface area contributed by atoms with Crippen LogP contribution in [0.2, 0.25) is 40.2 Å². The quantitative estimate of drug-likeness (QED) is 0.0310. The molecule has 118 heavy (non-hydrogen) atoms. The summed E-state index contributed by atoms with van der Waals surface area (Å²) in [5, 5.41) is 25.1. The Balaban J connectivity index is 0.000000155. The number of pyridine rings is 4. The lowest BCUT2D eigenvalue weighted by Crippen LogP contribution is -2.49. The van der Waals surface area contributed by atoms with Crippen LogP contribution in [0.25, 0.3) is 45.0 Å². The number of hydroxylamine groups is 2. The molecule has 1 saturated heterocycles. The molecule has 0 atom stereocenters. The van der Waals surface area contributed by atoms with Gasteiger partial charge < -0.3 is 31.5 Å². The van der Waals surface area contributed by atoms with E-state index in [-0.39, 0.29) is 77.7 Å². The van der Waals surface area contributed by atoms with E-state index in [9.17, 15) is 43.2 Å². The van der Waals surface area contributed by atoms with E-state index in [1.807, 2.05) is 60.7 Å². The molecule has 596 valence electrons. The van der Waals surface area contributed by atoms with Crippen molar-refractivity contribution in [2.75, 3.05) is 61.1 Å². The lowest BCUT2D eigenvalue weighted by Gasteiger charge is -2.26. The van der Waals surface area contributed by atoms with Crippen LogP contribution in [-0.4, -0.2) is 134 Å². The molecule has 12 aromatic rings. The summed E-state index contributed by atoms with van der Waals surface area (Å²) >= 11 is 50.0. The van der Waals surface area contributed by atoms with Gasteiger partial charge in [0.2, 0.25) is 5.91 Å². The van der Waals surface area contributed by atoms with E-state index in [1.165, 1.54) is 78.2 Å². The van der Waals surface area contributed by atoms with Gasteiger partial charge in [0.15, 0.2) is 0 Å². The second kappa shape index (κ2) is 41.4. The molecule has 8 N–H and O–H groups in total. The predicted octanol–water partition coefficient (Wildman–Crippen LogP) is 18.1. The summed E-state index contributed by atoms with van der Waals surface area (Å²) in [5.74, 6) is -3.60. The maximum atomic E-state index is 12.8. The molecule has 33 heteroatoms. The number of nitrogens with zero attached hydrogens (tertiary/aromatic N) is 7. The maximum Gasteiger partial charge on any atom is 0.274 e. The third-order valence-corrected chi connectivity index (χ3v) is 19.9. The molecule has 0 spiro atoms. The zero-order chi connectivity index (χ0) is 83.9.